The zero-order valence-electron chi connectivity index (χ0n) is 14.8. The SMILES string of the molecule is O=C(/C=C/c1ccc(-c2ccccc2)cc1)NCCOc1ccc(F)cc1. The molecule has 4 heteroatoms. The average Bonchev–Trinajstić information content (AvgIpc) is 2.72. The average molecular weight is 361 g/mol. The molecule has 0 spiro atoms. The standard InChI is InChI=1S/C23H20FNO2/c24-21-11-13-22(14-12-21)27-17-16-25-23(26)15-8-18-6-9-20(10-7-18)19-4-2-1-3-5-19/h1-15H,16-17H2,(H,25,26)/b15-8+. The van der Waals surface area contributed by atoms with Crippen LogP contribution >= 0.6 is 0 Å². The minimum absolute atomic E-state index is 0.190. The normalized spacial score (nSPS) is 10.7. The van der Waals surface area contributed by atoms with Crippen LogP contribution in [0.4, 0.5) is 4.39 Å². The Balaban J connectivity index is 1.43. The van der Waals surface area contributed by atoms with Crippen molar-refractivity contribution >= 4 is 12.0 Å². The van der Waals surface area contributed by atoms with Gasteiger partial charge in [0, 0.05) is 6.08 Å². The van der Waals surface area contributed by atoms with Gasteiger partial charge >= 0.3 is 0 Å². The van der Waals surface area contributed by atoms with Crippen molar-refractivity contribution in [3.63, 3.8) is 0 Å². The van der Waals surface area contributed by atoms with Crippen LogP contribution in [0.15, 0.2) is 84.9 Å². The summed E-state index contributed by atoms with van der Waals surface area (Å²) in [6.45, 7) is 0.685. The van der Waals surface area contributed by atoms with Gasteiger partial charge in [-0.25, -0.2) is 4.39 Å². The van der Waals surface area contributed by atoms with Crippen molar-refractivity contribution in [3.05, 3.63) is 96.3 Å². The molecule has 0 saturated carbocycles. The van der Waals surface area contributed by atoms with Gasteiger partial charge in [-0.15, -0.1) is 0 Å². The molecule has 0 radical (unpaired) electrons. The third-order valence-electron chi connectivity index (χ3n) is 3.93. The highest BCUT2D eigenvalue weighted by atomic mass is 19.1. The topological polar surface area (TPSA) is 38.3 Å². The van der Waals surface area contributed by atoms with Crippen molar-refractivity contribution in [2.45, 2.75) is 0 Å². The number of carbonyl (C=O) groups excluding carboxylic acids is 1. The number of hydrogen-bond donors (Lipinski definition) is 1. The Bertz CT molecular complexity index is 888. The molecule has 1 amide bonds. The largest absolute Gasteiger partial charge is 0.492 e. The minimum atomic E-state index is -0.308. The predicted octanol–water partition coefficient (Wildman–Crippen LogP) is 4.70. The van der Waals surface area contributed by atoms with E-state index in [-0.39, 0.29) is 11.7 Å². The van der Waals surface area contributed by atoms with Gasteiger partial charge in [0.15, 0.2) is 0 Å². The highest BCUT2D eigenvalue weighted by molar-refractivity contribution is 5.91. The van der Waals surface area contributed by atoms with Crippen LogP contribution in [-0.4, -0.2) is 19.1 Å². The number of halogens is 1. The van der Waals surface area contributed by atoms with E-state index >= 15 is 0 Å². The molecule has 0 aromatic heterocycles. The number of ether oxygens (including phenoxy) is 1. The Labute approximate surface area is 158 Å². The summed E-state index contributed by atoms with van der Waals surface area (Å²) in [6, 6.07) is 23.9. The van der Waals surface area contributed by atoms with Crippen molar-refractivity contribution in [3.8, 4) is 16.9 Å². The number of amides is 1. The first-order valence-corrected chi connectivity index (χ1v) is 8.70. The fourth-order valence-electron chi connectivity index (χ4n) is 2.52. The number of nitrogens with one attached hydrogen (secondary N) is 1. The molecule has 1 N–H and O–H groups in total. The van der Waals surface area contributed by atoms with Crippen molar-refractivity contribution in [2.75, 3.05) is 13.2 Å². The lowest BCUT2D eigenvalue weighted by Gasteiger charge is -2.06. The minimum Gasteiger partial charge on any atom is -0.492 e. The van der Waals surface area contributed by atoms with Gasteiger partial charge in [-0.05, 0) is 47.0 Å². The molecule has 0 heterocycles. The first-order valence-electron chi connectivity index (χ1n) is 8.70. The second-order valence-electron chi connectivity index (χ2n) is 5.91. The Morgan fingerprint density at radius 3 is 2.26 bits per heavy atom. The van der Waals surface area contributed by atoms with Crippen LogP contribution in [0.3, 0.4) is 0 Å². The summed E-state index contributed by atoms with van der Waals surface area (Å²) in [5, 5.41) is 2.75. The molecule has 0 fully saturated rings. The van der Waals surface area contributed by atoms with Crippen LogP contribution in [0.5, 0.6) is 5.75 Å². The Morgan fingerprint density at radius 2 is 1.56 bits per heavy atom. The summed E-state index contributed by atoms with van der Waals surface area (Å²) in [7, 11) is 0. The Morgan fingerprint density at radius 1 is 0.889 bits per heavy atom. The molecule has 3 aromatic carbocycles. The molecule has 136 valence electrons. The second-order valence-corrected chi connectivity index (χ2v) is 5.91. The molecule has 0 bridgehead atoms. The number of rotatable bonds is 7. The molecule has 3 nitrogen and oxygen atoms in total. The molecule has 0 aliphatic rings. The highest BCUT2D eigenvalue weighted by Gasteiger charge is 1.99. The number of carbonyl (C=O) groups is 1. The highest BCUT2D eigenvalue weighted by Crippen LogP contribution is 2.19. The Kier molecular flexibility index (Phi) is 6.36. The van der Waals surface area contributed by atoms with Crippen LogP contribution in [0.1, 0.15) is 5.56 Å². The summed E-state index contributed by atoms with van der Waals surface area (Å²) in [6.07, 6.45) is 3.26. The summed E-state index contributed by atoms with van der Waals surface area (Å²) in [5.41, 5.74) is 3.24. The van der Waals surface area contributed by atoms with Crippen molar-refractivity contribution in [1.82, 2.24) is 5.32 Å². The maximum absolute atomic E-state index is 12.8. The monoisotopic (exact) mass is 361 g/mol. The maximum atomic E-state index is 12.8. The van der Waals surface area contributed by atoms with Gasteiger partial charge in [-0.3, -0.25) is 4.79 Å². The number of hydrogen-bond acceptors (Lipinski definition) is 2. The molecule has 0 unspecified atom stereocenters. The van der Waals surface area contributed by atoms with Gasteiger partial charge in [-0.1, -0.05) is 54.6 Å². The second kappa shape index (κ2) is 9.34. The van der Waals surface area contributed by atoms with E-state index in [0.717, 1.165) is 16.7 Å². The fourth-order valence-corrected chi connectivity index (χ4v) is 2.52. The van der Waals surface area contributed by atoms with E-state index in [2.05, 4.69) is 17.4 Å². The summed E-state index contributed by atoms with van der Waals surface area (Å²) >= 11 is 0. The summed E-state index contributed by atoms with van der Waals surface area (Å²) < 4.78 is 18.2. The van der Waals surface area contributed by atoms with Crippen LogP contribution in [0.25, 0.3) is 17.2 Å². The first-order chi connectivity index (χ1) is 13.2. The van der Waals surface area contributed by atoms with Crippen molar-refractivity contribution in [1.29, 1.82) is 0 Å². The third-order valence-corrected chi connectivity index (χ3v) is 3.93. The Hall–Kier alpha value is -3.40. The molecule has 3 aromatic rings. The third kappa shape index (κ3) is 5.82. The van der Waals surface area contributed by atoms with Crippen molar-refractivity contribution in [2.24, 2.45) is 0 Å². The molecule has 3 rings (SSSR count). The molecule has 27 heavy (non-hydrogen) atoms. The van der Waals surface area contributed by atoms with Crippen molar-refractivity contribution < 1.29 is 13.9 Å². The number of benzene rings is 3. The van der Waals surface area contributed by atoms with Crippen LogP contribution in [-0.2, 0) is 4.79 Å². The van der Waals surface area contributed by atoms with Gasteiger partial charge in [0.1, 0.15) is 18.2 Å². The smallest absolute Gasteiger partial charge is 0.244 e. The molecule has 0 atom stereocenters. The lowest BCUT2D eigenvalue weighted by Crippen LogP contribution is -2.26. The maximum Gasteiger partial charge on any atom is 0.244 e. The van der Waals surface area contributed by atoms with Gasteiger partial charge in [0.2, 0.25) is 5.91 Å². The van der Waals surface area contributed by atoms with E-state index in [1.54, 1.807) is 18.2 Å². The van der Waals surface area contributed by atoms with E-state index in [4.69, 9.17) is 4.74 Å². The van der Waals surface area contributed by atoms with E-state index in [1.807, 2.05) is 42.5 Å². The molecule has 0 saturated heterocycles. The van der Waals surface area contributed by atoms with E-state index in [1.165, 1.54) is 18.2 Å². The van der Waals surface area contributed by atoms with Gasteiger partial charge in [0.05, 0.1) is 6.54 Å². The van der Waals surface area contributed by atoms with E-state index in [9.17, 15) is 9.18 Å². The summed E-state index contributed by atoms with van der Waals surface area (Å²) in [5.74, 6) is 0.0714. The quantitative estimate of drug-likeness (QED) is 0.489. The molecular formula is C23H20FNO2. The summed E-state index contributed by atoms with van der Waals surface area (Å²) in [4.78, 5) is 11.9. The lowest BCUT2D eigenvalue weighted by molar-refractivity contribution is -0.116. The van der Waals surface area contributed by atoms with E-state index < -0.39 is 0 Å². The van der Waals surface area contributed by atoms with Crippen LogP contribution in [0, 0.1) is 5.82 Å². The van der Waals surface area contributed by atoms with Crippen LogP contribution in [0.2, 0.25) is 0 Å². The fraction of sp³-hybridized carbons (Fsp3) is 0.0870. The van der Waals surface area contributed by atoms with Gasteiger partial charge in [0.25, 0.3) is 0 Å². The van der Waals surface area contributed by atoms with Crippen LogP contribution < -0.4 is 10.1 Å². The lowest BCUT2D eigenvalue weighted by atomic mass is 10.0. The van der Waals surface area contributed by atoms with Gasteiger partial charge in [-0.2, -0.15) is 0 Å². The predicted molar refractivity (Wildman–Crippen MR) is 106 cm³/mol. The first kappa shape index (κ1) is 18.4. The molecule has 0 aliphatic carbocycles. The van der Waals surface area contributed by atoms with Gasteiger partial charge < -0.3 is 10.1 Å². The zero-order chi connectivity index (χ0) is 18.9. The zero-order valence-corrected chi connectivity index (χ0v) is 14.8. The molecular weight excluding hydrogens is 341 g/mol. The van der Waals surface area contributed by atoms with E-state index in [0.29, 0.717) is 18.9 Å². The molecule has 0 aliphatic heterocycles.